The number of phenols is 1. The zero-order valence-electron chi connectivity index (χ0n) is 12.6. The molecule has 7 nitrogen and oxygen atoms in total. The lowest BCUT2D eigenvalue weighted by Crippen LogP contribution is -2.00. The number of benzene rings is 4. The van der Waals surface area contributed by atoms with Crippen LogP contribution in [0.4, 0.5) is 0 Å². The second-order valence-corrected chi connectivity index (χ2v) is 8.27. The van der Waals surface area contributed by atoms with E-state index in [-0.39, 0.29) is 42.0 Å². The average Bonchev–Trinajstić information content (AvgIpc) is 2.59. The normalized spacial score (nSPS) is 15.7. The Morgan fingerprint density at radius 2 is 0.962 bits per heavy atom. The van der Waals surface area contributed by atoms with Crippen LogP contribution in [0, 0.1) is 0 Å². The Kier molecular flexibility index (Phi) is 4.06. The van der Waals surface area contributed by atoms with E-state index in [1.165, 1.54) is 24.3 Å². The summed E-state index contributed by atoms with van der Waals surface area (Å²) in [5.74, 6) is -0.301. The highest BCUT2D eigenvalue weighted by Gasteiger charge is 2.19. The number of hydrogen-bond acceptors (Lipinski definition) is 7. The SMILES string of the molecule is O=S([O-])c1cc(O)c2ccc3c(S(=O)[O-])cc(S(=O)[O-])c4ccc1c2c34. The van der Waals surface area contributed by atoms with Crippen molar-refractivity contribution in [2.75, 3.05) is 0 Å². The van der Waals surface area contributed by atoms with E-state index in [4.69, 9.17) is 0 Å². The fourth-order valence-electron chi connectivity index (χ4n) is 3.29. The van der Waals surface area contributed by atoms with Gasteiger partial charge in [0.2, 0.25) is 0 Å². The van der Waals surface area contributed by atoms with Gasteiger partial charge in [-0.05, 0) is 73.0 Å². The van der Waals surface area contributed by atoms with Crippen LogP contribution in [0.1, 0.15) is 0 Å². The summed E-state index contributed by atoms with van der Waals surface area (Å²) >= 11 is -8.08. The molecule has 3 unspecified atom stereocenters. The first-order valence-electron chi connectivity index (χ1n) is 7.06. The van der Waals surface area contributed by atoms with Crippen LogP contribution in [0.5, 0.6) is 5.75 Å². The fourth-order valence-corrected chi connectivity index (χ4v) is 5.05. The molecule has 0 radical (unpaired) electrons. The Morgan fingerprint density at radius 1 is 0.615 bits per heavy atom. The minimum atomic E-state index is -2.72. The third kappa shape index (κ3) is 2.38. The van der Waals surface area contributed by atoms with E-state index >= 15 is 0 Å². The molecule has 0 aliphatic rings. The topological polar surface area (TPSA) is 141 Å². The number of rotatable bonds is 3. The molecule has 0 fully saturated rings. The monoisotopic (exact) mass is 407 g/mol. The Hall–Kier alpha value is -1.95. The second kappa shape index (κ2) is 6.05. The molecule has 0 heterocycles. The summed E-state index contributed by atoms with van der Waals surface area (Å²) in [6.45, 7) is 0. The Bertz CT molecular complexity index is 1250. The Balaban J connectivity index is 2.39. The molecule has 0 aliphatic carbocycles. The van der Waals surface area contributed by atoms with Gasteiger partial charge in [0, 0.05) is 25.5 Å². The molecule has 0 bridgehead atoms. The summed E-state index contributed by atoms with van der Waals surface area (Å²) in [7, 11) is 0. The van der Waals surface area contributed by atoms with E-state index in [2.05, 4.69) is 0 Å². The van der Waals surface area contributed by atoms with Crippen LogP contribution in [-0.4, -0.2) is 31.4 Å². The van der Waals surface area contributed by atoms with Crippen molar-refractivity contribution in [3.63, 3.8) is 0 Å². The highest BCUT2D eigenvalue weighted by Crippen LogP contribution is 2.43. The lowest BCUT2D eigenvalue weighted by molar-refractivity contribution is 0.479. The molecular weight excluding hydrogens is 400 g/mol. The lowest BCUT2D eigenvalue weighted by Gasteiger charge is -2.21. The smallest absolute Gasteiger partial charge is 0.124 e. The van der Waals surface area contributed by atoms with E-state index in [1.54, 1.807) is 0 Å². The van der Waals surface area contributed by atoms with Gasteiger partial charge in [-0.1, -0.05) is 18.2 Å². The molecule has 0 aromatic heterocycles. The predicted molar refractivity (Wildman–Crippen MR) is 93.4 cm³/mol. The van der Waals surface area contributed by atoms with Crippen molar-refractivity contribution in [3.8, 4) is 5.75 Å². The summed E-state index contributed by atoms with van der Waals surface area (Å²) in [4.78, 5) is -0.610. The minimum absolute atomic E-state index is 0.164. The third-order valence-corrected chi connectivity index (χ3v) is 6.39. The van der Waals surface area contributed by atoms with Crippen molar-refractivity contribution in [1.82, 2.24) is 0 Å². The molecule has 3 atom stereocenters. The van der Waals surface area contributed by atoms with Crippen molar-refractivity contribution >= 4 is 65.6 Å². The van der Waals surface area contributed by atoms with Gasteiger partial charge in [-0.25, -0.2) is 0 Å². The minimum Gasteiger partial charge on any atom is -0.768 e. The quantitative estimate of drug-likeness (QED) is 0.404. The Morgan fingerprint density at radius 3 is 1.38 bits per heavy atom. The van der Waals surface area contributed by atoms with E-state index in [0.29, 0.717) is 10.8 Å². The van der Waals surface area contributed by atoms with Gasteiger partial charge in [-0.3, -0.25) is 12.6 Å². The van der Waals surface area contributed by atoms with Gasteiger partial charge in [0.15, 0.2) is 0 Å². The summed E-state index contributed by atoms with van der Waals surface area (Å²) in [5, 5.41) is 11.8. The summed E-state index contributed by atoms with van der Waals surface area (Å²) in [6.07, 6.45) is 0. The largest absolute Gasteiger partial charge is 0.768 e. The molecule has 0 saturated heterocycles. The van der Waals surface area contributed by atoms with Crippen molar-refractivity contribution in [1.29, 1.82) is 0 Å². The maximum atomic E-state index is 11.6. The van der Waals surface area contributed by atoms with Crippen LogP contribution in [-0.2, 0) is 33.2 Å². The van der Waals surface area contributed by atoms with Gasteiger partial charge in [0.05, 0.1) is 0 Å². The third-order valence-electron chi connectivity index (χ3n) is 4.30. The van der Waals surface area contributed by atoms with Crippen LogP contribution in [0.25, 0.3) is 32.3 Å². The molecule has 26 heavy (non-hydrogen) atoms. The molecule has 0 saturated carbocycles. The zero-order chi connectivity index (χ0) is 18.7. The van der Waals surface area contributed by atoms with Crippen LogP contribution in [0.3, 0.4) is 0 Å². The number of hydrogen-bond donors (Lipinski definition) is 1. The highest BCUT2D eigenvalue weighted by atomic mass is 32.2. The van der Waals surface area contributed by atoms with Crippen LogP contribution < -0.4 is 0 Å². The maximum absolute atomic E-state index is 11.6. The van der Waals surface area contributed by atoms with E-state index < -0.39 is 33.2 Å². The van der Waals surface area contributed by atoms with E-state index in [0.717, 1.165) is 12.1 Å². The first-order valence-corrected chi connectivity index (χ1v) is 10.3. The van der Waals surface area contributed by atoms with Gasteiger partial charge in [-0.2, -0.15) is 0 Å². The van der Waals surface area contributed by atoms with Crippen LogP contribution >= 0.6 is 0 Å². The Labute approximate surface area is 153 Å². The van der Waals surface area contributed by atoms with Crippen LogP contribution in [0.15, 0.2) is 51.1 Å². The van der Waals surface area contributed by atoms with Gasteiger partial charge in [0.25, 0.3) is 0 Å². The maximum Gasteiger partial charge on any atom is 0.124 e. The second-order valence-electron chi connectivity index (χ2n) is 5.54. The standard InChI is InChI=1S/C16H10O7S3/c17-11-5-12(24(18)19)8-3-4-10-14(26(22)23)6-13(25(20)21)9-2-1-7(11)15(8)16(9)10/h1-6,17H,(H,18,19)(H,20,21)(H,22,23)/p-3. The molecule has 4 rings (SSSR count). The number of phenolic OH excluding ortho intramolecular Hbond substituents is 1. The molecule has 4 aromatic rings. The van der Waals surface area contributed by atoms with Gasteiger partial charge in [-0.15, -0.1) is 0 Å². The zero-order valence-corrected chi connectivity index (χ0v) is 15.0. The molecule has 134 valence electrons. The molecule has 0 amide bonds. The lowest BCUT2D eigenvalue weighted by atomic mass is 9.94. The van der Waals surface area contributed by atoms with Crippen molar-refractivity contribution in [2.24, 2.45) is 0 Å². The molecule has 1 N–H and O–H groups in total. The van der Waals surface area contributed by atoms with Crippen molar-refractivity contribution < 1.29 is 31.4 Å². The molecule has 0 aliphatic heterocycles. The molecule has 0 spiro atoms. The van der Waals surface area contributed by atoms with Gasteiger partial charge in [0.1, 0.15) is 5.75 Å². The summed E-state index contributed by atoms with van der Waals surface area (Å²) < 4.78 is 69.5. The summed E-state index contributed by atoms with van der Waals surface area (Å²) in [5.41, 5.74) is 0. The molecule has 10 heteroatoms. The van der Waals surface area contributed by atoms with Crippen molar-refractivity contribution in [3.05, 3.63) is 36.4 Å². The summed E-state index contributed by atoms with van der Waals surface area (Å²) in [6, 6.07) is 7.96. The fraction of sp³-hybridized carbons (Fsp3) is 0. The first-order chi connectivity index (χ1) is 12.3. The first kappa shape index (κ1) is 17.5. The highest BCUT2D eigenvalue weighted by molar-refractivity contribution is 7.80. The molecular formula is C16H7O7S3-3. The van der Waals surface area contributed by atoms with Gasteiger partial charge < -0.3 is 18.8 Å². The molecule has 4 aromatic carbocycles. The van der Waals surface area contributed by atoms with Gasteiger partial charge >= 0.3 is 0 Å². The van der Waals surface area contributed by atoms with E-state index in [1.807, 2.05) is 0 Å². The van der Waals surface area contributed by atoms with Crippen LogP contribution in [0.2, 0.25) is 0 Å². The number of aromatic hydroxyl groups is 1. The predicted octanol–water partition coefficient (Wildman–Crippen LogP) is 2.00. The van der Waals surface area contributed by atoms with Crippen molar-refractivity contribution in [2.45, 2.75) is 14.7 Å². The van der Waals surface area contributed by atoms with E-state index in [9.17, 15) is 31.4 Å². The average molecular weight is 407 g/mol.